The molecule has 0 aliphatic heterocycles. The molecule has 0 saturated heterocycles. The Morgan fingerprint density at radius 2 is 1.66 bits per heavy atom. The van der Waals surface area contributed by atoms with Gasteiger partial charge in [-0.25, -0.2) is 9.38 Å². The summed E-state index contributed by atoms with van der Waals surface area (Å²) in [6.07, 6.45) is 3.49. The van der Waals surface area contributed by atoms with E-state index in [4.69, 9.17) is 40.5 Å². The Morgan fingerprint density at radius 1 is 0.966 bits per heavy atom. The largest absolute Gasteiger partial charge is 0.378 e. The molecular formula is C22H16Cl3FN2S. The molecule has 0 heterocycles. The molecule has 3 rings (SSSR count). The summed E-state index contributed by atoms with van der Waals surface area (Å²) in [4.78, 5) is 4.32. The third kappa shape index (κ3) is 6.51. The lowest BCUT2D eigenvalue weighted by molar-refractivity contribution is 0.625. The van der Waals surface area contributed by atoms with Gasteiger partial charge >= 0.3 is 0 Å². The normalized spacial score (nSPS) is 11.9. The zero-order valence-electron chi connectivity index (χ0n) is 15.1. The van der Waals surface area contributed by atoms with E-state index in [1.54, 1.807) is 36.4 Å². The zero-order chi connectivity index (χ0) is 20.8. The first-order valence-electron chi connectivity index (χ1n) is 8.55. The minimum atomic E-state index is -0.350. The fourth-order valence-corrected chi connectivity index (χ4v) is 3.91. The summed E-state index contributed by atoms with van der Waals surface area (Å²) in [5.74, 6) is 0.310. The molecule has 0 radical (unpaired) electrons. The fourth-order valence-electron chi connectivity index (χ4n) is 2.50. The van der Waals surface area contributed by atoms with E-state index in [0.29, 0.717) is 37.2 Å². The maximum absolute atomic E-state index is 13.8. The second-order valence-corrected chi connectivity index (χ2v) is 8.35. The van der Waals surface area contributed by atoms with Crippen molar-refractivity contribution in [1.82, 2.24) is 0 Å². The first-order chi connectivity index (χ1) is 13.9. The van der Waals surface area contributed by atoms with Gasteiger partial charge in [0, 0.05) is 21.4 Å². The minimum Gasteiger partial charge on any atom is -0.378 e. The quantitative estimate of drug-likeness (QED) is 0.237. The number of nitrogens with two attached hydrogens (primary N) is 1. The molecule has 2 nitrogen and oxygen atoms in total. The number of benzene rings is 3. The molecule has 0 spiro atoms. The Morgan fingerprint density at radius 3 is 2.31 bits per heavy atom. The Labute approximate surface area is 188 Å². The Hall–Kier alpha value is -1.98. The van der Waals surface area contributed by atoms with Crippen molar-refractivity contribution >= 4 is 69.6 Å². The topological polar surface area (TPSA) is 38.4 Å². The Balaban J connectivity index is 1.62. The van der Waals surface area contributed by atoms with E-state index in [1.807, 2.05) is 30.3 Å². The first kappa shape index (κ1) is 21.7. The van der Waals surface area contributed by atoms with Gasteiger partial charge in [-0.1, -0.05) is 83.0 Å². The summed E-state index contributed by atoms with van der Waals surface area (Å²) in [6, 6.07) is 17.5. The number of hydrogen-bond acceptors (Lipinski definition) is 2. The van der Waals surface area contributed by atoms with Crippen molar-refractivity contribution < 1.29 is 4.39 Å². The van der Waals surface area contributed by atoms with Gasteiger partial charge in [-0.15, -0.1) is 0 Å². The summed E-state index contributed by atoms with van der Waals surface area (Å²) < 4.78 is 13.8. The zero-order valence-corrected chi connectivity index (χ0v) is 18.2. The number of rotatable bonds is 5. The first-order valence-corrected chi connectivity index (χ1v) is 10.7. The van der Waals surface area contributed by atoms with Crippen molar-refractivity contribution in [3.8, 4) is 0 Å². The van der Waals surface area contributed by atoms with Crippen LogP contribution < -0.4 is 5.73 Å². The van der Waals surface area contributed by atoms with Crippen LogP contribution in [-0.4, -0.2) is 5.17 Å². The average molecular weight is 466 g/mol. The second-order valence-electron chi connectivity index (χ2n) is 6.08. The summed E-state index contributed by atoms with van der Waals surface area (Å²) in [6.45, 7) is 0. The number of aliphatic imine (C=N–C) groups is 1. The fraction of sp³-hybridized carbons (Fsp3) is 0.0455. The van der Waals surface area contributed by atoms with E-state index >= 15 is 0 Å². The van der Waals surface area contributed by atoms with E-state index < -0.39 is 0 Å². The number of thioether (sulfide) groups is 1. The highest BCUT2D eigenvalue weighted by molar-refractivity contribution is 8.13. The van der Waals surface area contributed by atoms with Crippen LogP contribution in [0.5, 0.6) is 0 Å². The van der Waals surface area contributed by atoms with E-state index in [9.17, 15) is 4.39 Å². The van der Waals surface area contributed by atoms with Crippen LogP contribution in [-0.2, 0) is 5.75 Å². The van der Waals surface area contributed by atoms with Crippen LogP contribution >= 0.6 is 46.6 Å². The lowest BCUT2D eigenvalue weighted by Gasteiger charge is -2.04. The van der Waals surface area contributed by atoms with E-state index in [1.165, 1.54) is 17.8 Å². The van der Waals surface area contributed by atoms with Crippen LogP contribution in [0.4, 0.5) is 10.1 Å². The Kier molecular flexibility index (Phi) is 7.62. The number of amidine groups is 1. The van der Waals surface area contributed by atoms with Crippen molar-refractivity contribution in [2.45, 2.75) is 5.75 Å². The monoisotopic (exact) mass is 464 g/mol. The van der Waals surface area contributed by atoms with Gasteiger partial charge in [0.2, 0.25) is 0 Å². The van der Waals surface area contributed by atoms with Crippen molar-refractivity contribution in [3.05, 3.63) is 98.2 Å². The molecule has 0 aliphatic rings. The molecule has 2 N–H and O–H groups in total. The van der Waals surface area contributed by atoms with Gasteiger partial charge < -0.3 is 5.73 Å². The Bertz CT molecular complexity index is 1030. The van der Waals surface area contributed by atoms with Crippen molar-refractivity contribution in [3.63, 3.8) is 0 Å². The average Bonchev–Trinajstić information content (AvgIpc) is 2.66. The van der Waals surface area contributed by atoms with Crippen LogP contribution in [0.3, 0.4) is 0 Å². The molecule has 7 heteroatoms. The van der Waals surface area contributed by atoms with Gasteiger partial charge in [-0.3, -0.25) is 0 Å². The van der Waals surface area contributed by atoms with E-state index in [0.717, 1.165) is 11.1 Å². The molecule has 0 unspecified atom stereocenters. The van der Waals surface area contributed by atoms with Gasteiger partial charge in [0.05, 0.1) is 10.7 Å². The molecule has 0 atom stereocenters. The predicted molar refractivity (Wildman–Crippen MR) is 126 cm³/mol. The number of nitrogens with zero attached hydrogens (tertiary/aromatic N) is 1. The van der Waals surface area contributed by atoms with Gasteiger partial charge in [-0.2, -0.15) is 0 Å². The SMILES string of the molecule is NC(=Nc1cc(Cl)cc(Cl)c1)SCc1ccc(C=Cc2c(F)cccc2Cl)cc1. The van der Waals surface area contributed by atoms with Crippen LogP contribution in [0.2, 0.25) is 15.1 Å². The molecule has 148 valence electrons. The maximum Gasteiger partial charge on any atom is 0.159 e. The van der Waals surface area contributed by atoms with Gasteiger partial charge in [-0.05, 0) is 47.5 Å². The molecule has 0 amide bonds. The number of halogens is 4. The lowest BCUT2D eigenvalue weighted by Crippen LogP contribution is -2.06. The summed E-state index contributed by atoms with van der Waals surface area (Å²) in [5.41, 5.74) is 9.00. The molecule has 3 aromatic rings. The van der Waals surface area contributed by atoms with Crippen molar-refractivity contribution in [2.24, 2.45) is 10.7 Å². The van der Waals surface area contributed by atoms with Crippen LogP contribution in [0.25, 0.3) is 12.2 Å². The molecule has 3 aromatic carbocycles. The number of hydrogen-bond donors (Lipinski definition) is 1. The van der Waals surface area contributed by atoms with Crippen molar-refractivity contribution in [2.75, 3.05) is 0 Å². The van der Waals surface area contributed by atoms with Crippen molar-refractivity contribution in [1.29, 1.82) is 0 Å². The molecule has 0 aromatic heterocycles. The third-order valence-corrected chi connectivity index (χ3v) is 5.53. The second kappa shape index (κ2) is 10.2. The standard InChI is InChI=1S/C22H16Cl3FN2S/c23-16-10-17(24)12-18(11-16)28-22(27)29-13-15-6-4-14(5-7-15)8-9-19-20(25)2-1-3-21(19)26/h1-12H,13H2,(H2,27,28). The van der Waals surface area contributed by atoms with Crippen LogP contribution in [0.15, 0.2) is 65.7 Å². The maximum atomic E-state index is 13.8. The molecule has 0 fully saturated rings. The highest BCUT2D eigenvalue weighted by atomic mass is 35.5. The summed E-state index contributed by atoms with van der Waals surface area (Å²) in [5, 5.41) is 1.82. The van der Waals surface area contributed by atoms with Gasteiger partial charge in [0.25, 0.3) is 0 Å². The minimum absolute atomic E-state index is 0.350. The smallest absolute Gasteiger partial charge is 0.159 e. The predicted octanol–water partition coefficient (Wildman–Crippen LogP) is 7.84. The third-order valence-electron chi connectivity index (χ3n) is 3.90. The highest BCUT2D eigenvalue weighted by Crippen LogP contribution is 2.26. The van der Waals surface area contributed by atoms with E-state index in [-0.39, 0.29) is 5.82 Å². The van der Waals surface area contributed by atoms with Crippen LogP contribution in [0, 0.1) is 5.82 Å². The van der Waals surface area contributed by atoms with Gasteiger partial charge in [0.15, 0.2) is 5.17 Å². The molecule has 0 saturated carbocycles. The van der Waals surface area contributed by atoms with Gasteiger partial charge in [0.1, 0.15) is 5.82 Å². The molecule has 29 heavy (non-hydrogen) atoms. The van der Waals surface area contributed by atoms with Crippen LogP contribution in [0.1, 0.15) is 16.7 Å². The highest BCUT2D eigenvalue weighted by Gasteiger charge is 2.03. The summed E-state index contributed by atoms with van der Waals surface area (Å²) in [7, 11) is 0. The molecule has 0 aliphatic carbocycles. The summed E-state index contributed by atoms with van der Waals surface area (Å²) >= 11 is 19.4. The molecular weight excluding hydrogens is 450 g/mol. The molecule has 0 bridgehead atoms. The van der Waals surface area contributed by atoms with E-state index in [2.05, 4.69) is 4.99 Å². The lowest BCUT2D eigenvalue weighted by atomic mass is 10.1.